The lowest BCUT2D eigenvalue weighted by atomic mass is 10.2. The van der Waals surface area contributed by atoms with Crippen LogP contribution in [-0.4, -0.2) is 38.5 Å². The summed E-state index contributed by atoms with van der Waals surface area (Å²) < 4.78 is 7.14. The van der Waals surface area contributed by atoms with Gasteiger partial charge in [0.2, 0.25) is 5.91 Å². The van der Waals surface area contributed by atoms with Gasteiger partial charge in [0.15, 0.2) is 11.0 Å². The van der Waals surface area contributed by atoms with Crippen molar-refractivity contribution in [2.75, 3.05) is 18.2 Å². The Labute approximate surface area is 184 Å². The Balaban J connectivity index is 1.57. The molecule has 0 aliphatic carbocycles. The van der Waals surface area contributed by atoms with E-state index < -0.39 is 0 Å². The standard InChI is InChI=1S/C23H21N5O2S/c1-16-8-10-19(11-9-16)28-22(17-5-4-12-24-14-17)26-27-23(28)31-15-21(29)25-18-6-3-7-20(13-18)30-2/h3-14H,15H2,1-2H3,(H,25,29). The molecule has 8 heteroatoms. The van der Waals surface area contributed by atoms with Gasteiger partial charge in [-0.2, -0.15) is 0 Å². The van der Waals surface area contributed by atoms with Gasteiger partial charge in [0, 0.05) is 35.4 Å². The molecule has 0 fully saturated rings. The third kappa shape index (κ3) is 4.92. The Morgan fingerprint density at radius 3 is 2.68 bits per heavy atom. The lowest BCUT2D eigenvalue weighted by Crippen LogP contribution is -2.14. The van der Waals surface area contributed by atoms with Crippen molar-refractivity contribution in [2.45, 2.75) is 12.1 Å². The molecule has 0 unspecified atom stereocenters. The predicted octanol–water partition coefficient (Wildman–Crippen LogP) is 4.38. The molecule has 0 atom stereocenters. The summed E-state index contributed by atoms with van der Waals surface area (Å²) in [6.45, 7) is 2.04. The second-order valence-electron chi connectivity index (χ2n) is 6.79. The molecule has 0 spiro atoms. The smallest absolute Gasteiger partial charge is 0.234 e. The van der Waals surface area contributed by atoms with Crippen LogP contribution in [0.3, 0.4) is 0 Å². The number of ether oxygens (including phenoxy) is 1. The van der Waals surface area contributed by atoms with Gasteiger partial charge in [-0.25, -0.2) is 0 Å². The van der Waals surface area contributed by atoms with Gasteiger partial charge in [0.1, 0.15) is 5.75 Å². The summed E-state index contributed by atoms with van der Waals surface area (Å²) in [6.07, 6.45) is 3.47. The molecule has 4 aromatic rings. The molecule has 7 nitrogen and oxygen atoms in total. The quantitative estimate of drug-likeness (QED) is 0.438. The number of methoxy groups -OCH3 is 1. The van der Waals surface area contributed by atoms with E-state index in [1.54, 1.807) is 25.6 Å². The molecule has 4 rings (SSSR count). The number of carbonyl (C=O) groups is 1. The number of rotatable bonds is 7. The molecule has 0 saturated carbocycles. The molecule has 1 amide bonds. The van der Waals surface area contributed by atoms with Gasteiger partial charge >= 0.3 is 0 Å². The molecule has 0 bridgehead atoms. The number of anilines is 1. The van der Waals surface area contributed by atoms with Crippen LogP contribution in [0.1, 0.15) is 5.56 Å². The maximum Gasteiger partial charge on any atom is 0.234 e. The van der Waals surface area contributed by atoms with E-state index in [0.717, 1.165) is 16.8 Å². The molecule has 0 aliphatic rings. The minimum atomic E-state index is -0.139. The second-order valence-corrected chi connectivity index (χ2v) is 7.73. The Morgan fingerprint density at radius 1 is 1.10 bits per heavy atom. The molecule has 156 valence electrons. The van der Waals surface area contributed by atoms with Crippen molar-refractivity contribution >= 4 is 23.4 Å². The van der Waals surface area contributed by atoms with Crippen molar-refractivity contribution in [1.29, 1.82) is 0 Å². The first-order valence-electron chi connectivity index (χ1n) is 9.63. The van der Waals surface area contributed by atoms with Gasteiger partial charge in [-0.1, -0.05) is 35.5 Å². The molecule has 31 heavy (non-hydrogen) atoms. The first-order chi connectivity index (χ1) is 15.1. The van der Waals surface area contributed by atoms with Gasteiger partial charge in [-0.05, 0) is 43.3 Å². The number of carbonyl (C=O) groups excluding carboxylic acids is 1. The molecule has 2 heterocycles. The van der Waals surface area contributed by atoms with Crippen molar-refractivity contribution in [1.82, 2.24) is 19.7 Å². The molecule has 0 saturated heterocycles. The second kappa shape index (κ2) is 9.44. The van der Waals surface area contributed by atoms with Gasteiger partial charge in [-0.3, -0.25) is 14.3 Å². The molecule has 0 aliphatic heterocycles. The molecule has 0 radical (unpaired) electrons. The monoisotopic (exact) mass is 431 g/mol. The number of thioether (sulfide) groups is 1. The molecular formula is C23H21N5O2S. The van der Waals surface area contributed by atoms with Crippen LogP contribution in [0.4, 0.5) is 5.69 Å². The van der Waals surface area contributed by atoms with Crippen molar-refractivity contribution in [2.24, 2.45) is 0 Å². The highest BCUT2D eigenvalue weighted by atomic mass is 32.2. The van der Waals surface area contributed by atoms with E-state index in [1.165, 1.54) is 11.8 Å². The lowest BCUT2D eigenvalue weighted by Gasteiger charge is -2.11. The number of aromatic nitrogens is 4. The fourth-order valence-corrected chi connectivity index (χ4v) is 3.75. The number of amides is 1. The summed E-state index contributed by atoms with van der Waals surface area (Å²) in [6, 6.07) is 19.1. The minimum Gasteiger partial charge on any atom is -0.497 e. The normalized spacial score (nSPS) is 10.6. The van der Waals surface area contributed by atoms with Gasteiger partial charge in [-0.15, -0.1) is 10.2 Å². The van der Waals surface area contributed by atoms with Crippen LogP contribution in [0.5, 0.6) is 5.75 Å². The number of aryl methyl sites for hydroxylation is 1. The average Bonchev–Trinajstić information content (AvgIpc) is 3.23. The number of hydrogen-bond donors (Lipinski definition) is 1. The summed E-state index contributed by atoms with van der Waals surface area (Å²) in [4.78, 5) is 16.7. The first-order valence-corrected chi connectivity index (χ1v) is 10.6. The topological polar surface area (TPSA) is 81.9 Å². The van der Waals surface area contributed by atoms with E-state index in [9.17, 15) is 4.79 Å². The lowest BCUT2D eigenvalue weighted by molar-refractivity contribution is -0.113. The zero-order valence-electron chi connectivity index (χ0n) is 17.1. The van der Waals surface area contributed by atoms with Crippen LogP contribution in [0.25, 0.3) is 17.1 Å². The Morgan fingerprint density at radius 2 is 1.94 bits per heavy atom. The average molecular weight is 432 g/mol. The highest BCUT2D eigenvalue weighted by Crippen LogP contribution is 2.28. The van der Waals surface area contributed by atoms with Crippen LogP contribution < -0.4 is 10.1 Å². The minimum absolute atomic E-state index is 0.139. The summed E-state index contributed by atoms with van der Waals surface area (Å²) in [5, 5.41) is 12.2. The fourth-order valence-electron chi connectivity index (χ4n) is 3.00. The molecule has 2 aromatic carbocycles. The van der Waals surface area contributed by atoms with Gasteiger partial charge in [0.05, 0.1) is 12.9 Å². The summed E-state index contributed by atoms with van der Waals surface area (Å²) in [7, 11) is 1.59. The molecule has 2 aromatic heterocycles. The maximum absolute atomic E-state index is 12.5. The van der Waals surface area contributed by atoms with E-state index in [0.29, 0.717) is 22.4 Å². The highest BCUT2D eigenvalue weighted by molar-refractivity contribution is 7.99. The number of pyridine rings is 1. The fraction of sp³-hybridized carbons (Fsp3) is 0.130. The van der Waals surface area contributed by atoms with Crippen LogP contribution in [-0.2, 0) is 4.79 Å². The zero-order valence-corrected chi connectivity index (χ0v) is 18.0. The Bertz CT molecular complexity index is 1180. The van der Waals surface area contributed by atoms with E-state index in [4.69, 9.17) is 4.74 Å². The largest absolute Gasteiger partial charge is 0.497 e. The summed E-state index contributed by atoms with van der Waals surface area (Å²) in [5.41, 5.74) is 3.61. The highest BCUT2D eigenvalue weighted by Gasteiger charge is 2.17. The number of hydrogen-bond acceptors (Lipinski definition) is 6. The van der Waals surface area contributed by atoms with Crippen LogP contribution in [0.15, 0.2) is 78.2 Å². The Kier molecular flexibility index (Phi) is 6.28. The van der Waals surface area contributed by atoms with E-state index >= 15 is 0 Å². The van der Waals surface area contributed by atoms with Crippen molar-refractivity contribution in [3.05, 3.63) is 78.6 Å². The van der Waals surface area contributed by atoms with Crippen molar-refractivity contribution < 1.29 is 9.53 Å². The SMILES string of the molecule is COc1cccc(NC(=O)CSc2nnc(-c3cccnc3)n2-c2ccc(C)cc2)c1. The van der Waals surface area contributed by atoms with Crippen LogP contribution in [0, 0.1) is 6.92 Å². The number of benzene rings is 2. The molecule has 1 N–H and O–H groups in total. The van der Waals surface area contributed by atoms with Gasteiger partial charge < -0.3 is 10.1 Å². The summed E-state index contributed by atoms with van der Waals surface area (Å²) in [5.74, 6) is 1.41. The number of nitrogens with one attached hydrogen (secondary N) is 1. The van der Waals surface area contributed by atoms with E-state index in [1.807, 2.05) is 66.1 Å². The third-order valence-corrected chi connectivity index (χ3v) is 5.46. The van der Waals surface area contributed by atoms with Crippen LogP contribution >= 0.6 is 11.8 Å². The van der Waals surface area contributed by atoms with Crippen molar-refractivity contribution in [3.8, 4) is 22.8 Å². The number of nitrogens with zero attached hydrogens (tertiary/aromatic N) is 4. The van der Waals surface area contributed by atoms with Crippen molar-refractivity contribution in [3.63, 3.8) is 0 Å². The summed E-state index contributed by atoms with van der Waals surface area (Å²) >= 11 is 1.32. The Hall–Kier alpha value is -3.65. The molecular weight excluding hydrogens is 410 g/mol. The third-order valence-electron chi connectivity index (χ3n) is 4.53. The van der Waals surface area contributed by atoms with E-state index in [-0.39, 0.29) is 11.7 Å². The van der Waals surface area contributed by atoms with E-state index in [2.05, 4.69) is 20.5 Å². The maximum atomic E-state index is 12.5. The van der Waals surface area contributed by atoms with Crippen LogP contribution in [0.2, 0.25) is 0 Å². The first kappa shape index (κ1) is 20.6. The zero-order chi connectivity index (χ0) is 21.6. The predicted molar refractivity (Wildman–Crippen MR) is 122 cm³/mol. The van der Waals surface area contributed by atoms with Gasteiger partial charge in [0.25, 0.3) is 0 Å².